The molecule has 0 saturated heterocycles. The zero-order chi connectivity index (χ0) is 17.2. The Morgan fingerprint density at radius 3 is 2.72 bits per heavy atom. The maximum Gasteiger partial charge on any atom is 0.274 e. The van der Waals surface area contributed by atoms with Gasteiger partial charge in [-0.2, -0.15) is 10.2 Å². The third-order valence-electron chi connectivity index (χ3n) is 4.55. The highest BCUT2D eigenvalue weighted by Gasteiger charge is 2.24. The average molecular weight is 335 g/mol. The molecule has 0 N–H and O–H groups in total. The predicted octanol–water partition coefficient (Wildman–Crippen LogP) is 2.35. The van der Waals surface area contributed by atoms with Crippen molar-refractivity contribution in [1.29, 1.82) is 0 Å². The minimum Gasteiger partial charge on any atom is -0.330 e. The quantitative estimate of drug-likeness (QED) is 0.735. The van der Waals surface area contributed by atoms with Gasteiger partial charge in [-0.3, -0.25) is 14.2 Å². The number of fused-ring (bicyclic) bond motifs is 1. The van der Waals surface area contributed by atoms with Gasteiger partial charge in [-0.15, -0.1) is 0 Å². The van der Waals surface area contributed by atoms with Crippen molar-refractivity contribution in [3.63, 3.8) is 0 Å². The molecule has 0 fully saturated rings. The van der Waals surface area contributed by atoms with E-state index in [0.29, 0.717) is 18.8 Å². The zero-order valence-corrected chi connectivity index (χ0v) is 14.3. The van der Waals surface area contributed by atoms with Gasteiger partial charge in [0.2, 0.25) is 0 Å². The first-order chi connectivity index (χ1) is 12.2. The number of hydrogen-bond donors (Lipinski definition) is 0. The monoisotopic (exact) mass is 335 g/mol. The third kappa shape index (κ3) is 3.20. The zero-order valence-electron chi connectivity index (χ0n) is 14.3. The summed E-state index contributed by atoms with van der Waals surface area (Å²) < 4.78 is 3.80. The second kappa shape index (κ2) is 6.55. The van der Waals surface area contributed by atoms with Crippen molar-refractivity contribution in [2.24, 2.45) is 0 Å². The van der Waals surface area contributed by atoms with E-state index >= 15 is 0 Å². The van der Waals surface area contributed by atoms with Gasteiger partial charge in [0.05, 0.1) is 24.5 Å². The molecule has 6 nitrogen and oxygen atoms in total. The lowest BCUT2D eigenvalue weighted by atomic mass is 10.1. The van der Waals surface area contributed by atoms with Crippen molar-refractivity contribution < 1.29 is 4.79 Å². The molecule has 0 unspecified atom stereocenters. The Kier molecular flexibility index (Phi) is 4.09. The van der Waals surface area contributed by atoms with Gasteiger partial charge in [0.25, 0.3) is 5.91 Å². The van der Waals surface area contributed by atoms with E-state index in [4.69, 9.17) is 0 Å². The number of aromatic nitrogens is 4. The number of aryl methyl sites for hydroxylation is 1. The fraction of sp³-hybridized carbons (Fsp3) is 0.316. The van der Waals surface area contributed by atoms with Crippen LogP contribution in [-0.4, -0.2) is 36.9 Å². The van der Waals surface area contributed by atoms with E-state index in [1.807, 2.05) is 40.9 Å². The van der Waals surface area contributed by atoms with Gasteiger partial charge in [0, 0.05) is 25.7 Å². The number of hydrogen-bond acceptors (Lipinski definition) is 3. The Bertz CT molecular complexity index is 880. The summed E-state index contributed by atoms with van der Waals surface area (Å²) in [5, 5.41) is 9.01. The van der Waals surface area contributed by atoms with Crippen LogP contribution >= 0.6 is 0 Å². The van der Waals surface area contributed by atoms with Crippen LogP contribution in [0.4, 0.5) is 0 Å². The van der Waals surface area contributed by atoms with Crippen molar-refractivity contribution in [2.45, 2.75) is 33.0 Å². The van der Waals surface area contributed by atoms with E-state index in [2.05, 4.69) is 28.4 Å². The van der Waals surface area contributed by atoms with Crippen molar-refractivity contribution in [2.75, 3.05) is 6.54 Å². The molecule has 0 aliphatic carbocycles. The molecular weight excluding hydrogens is 314 g/mol. The summed E-state index contributed by atoms with van der Waals surface area (Å²) >= 11 is 0. The first kappa shape index (κ1) is 15.6. The van der Waals surface area contributed by atoms with Crippen LogP contribution in [0.25, 0.3) is 0 Å². The summed E-state index contributed by atoms with van der Waals surface area (Å²) in [4.78, 5) is 14.5. The van der Waals surface area contributed by atoms with E-state index in [1.165, 1.54) is 5.56 Å². The molecule has 0 saturated carbocycles. The highest BCUT2D eigenvalue weighted by atomic mass is 16.2. The standard InChI is InChI=1S/C19H21N5O/c1-2-23-9-8-18(21-23)19(25)22-10-11-24-17(14-22)13-16(20-24)12-15-6-4-3-5-7-15/h3-9,13H,2,10-12,14H2,1H3. The lowest BCUT2D eigenvalue weighted by Gasteiger charge is -2.27. The Morgan fingerprint density at radius 2 is 1.96 bits per heavy atom. The van der Waals surface area contributed by atoms with E-state index in [1.54, 1.807) is 10.7 Å². The van der Waals surface area contributed by atoms with Gasteiger partial charge in [0.1, 0.15) is 5.69 Å². The maximum atomic E-state index is 12.7. The molecular formula is C19H21N5O. The van der Waals surface area contributed by atoms with Crippen LogP contribution in [0.3, 0.4) is 0 Å². The normalized spacial score (nSPS) is 13.7. The molecule has 4 rings (SSSR count). The van der Waals surface area contributed by atoms with Gasteiger partial charge in [0.15, 0.2) is 0 Å². The fourth-order valence-electron chi connectivity index (χ4n) is 3.20. The molecule has 1 aliphatic rings. The van der Waals surface area contributed by atoms with Crippen LogP contribution in [0, 0.1) is 0 Å². The largest absolute Gasteiger partial charge is 0.330 e. The van der Waals surface area contributed by atoms with E-state index in [-0.39, 0.29) is 5.91 Å². The maximum absolute atomic E-state index is 12.7. The molecule has 0 radical (unpaired) electrons. The fourth-order valence-corrected chi connectivity index (χ4v) is 3.20. The third-order valence-corrected chi connectivity index (χ3v) is 4.55. The highest BCUT2D eigenvalue weighted by Crippen LogP contribution is 2.17. The van der Waals surface area contributed by atoms with Crippen LogP contribution in [0.1, 0.15) is 34.4 Å². The predicted molar refractivity (Wildman–Crippen MR) is 94.1 cm³/mol. The van der Waals surface area contributed by atoms with Crippen molar-refractivity contribution >= 4 is 5.91 Å². The Morgan fingerprint density at radius 1 is 1.12 bits per heavy atom. The highest BCUT2D eigenvalue weighted by molar-refractivity contribution is 5.92. The summed E-state index contributed by atoms with van der Waals surface area (Å²) in [5.41, 5.74) is 3.89. The van der Waals surface area contributed by atoms with Crippen LogP contribution in [0.2, 0.25) is 0 Å². The van der Waals surface area contributed by atoms with E-state index in [9.17, 15) is 4.79 Å². The van der Waals surface area contributed by atoms with Crippen LogP contribution in [0.15, 0.2) is 48.7 Å². The van der Waals surface area contributed by atoms with Gasteiger partial charge >= 0.3 is 0 Å². The Hall–Kier alpha value is -2.89. The van der Waals surface area contributed by atoms with Crippen LogP contribution in [-0.2, 0) is 26.1 Å². The summed E-state index contributed by atoms with van der Waals surface area (Å²) in [6.45, 7) is 4.75. The average Bonchev–Trinajstić information content (AvgIpc) is 3.27. The van der Waals surface area contributed by atoms with Gasteiger partial charge in [-0.25, -0.2) is 0 Å². The molecule has 1 aliphatic heterocycles. The second-order valence-electron chi connectivity index (χ2n) is 6.30. The molecule has 25 heavy (non-hydrogen) atoms. The summed E-state index contributed by atoms with van der Waals surface area (Å²) in [6, 6.07) is 14.2. The molecule has 3 heterocycles. The lowest BCUT2D eigenvalue weighted by Crippen LogP contribution is -2.38. The van der Waals surface area contributed by atoms with Crippen LogP contribution in [0.5, 0.6) is 0 Å². The van der Waals surface area contributed by atoms with Gasteiger partial charge in [-0.05, 0) is 24.6 Å². The molecule has 2 aromatic heterocycles. The summed E-state index contributed by atoms with van der Waals surface area (Å²) in [6.07, 6.45) is 2.66. The van der Waals surface area contributed by atoms with Gasteiger partial charge < -0.3 is 4.90 Å². The van der Waals surface area contributed by atoms with Crippen LogP contribution < -0.4 is 0 Å². The Balaban J connectivity index is 1.48. The molecule has 6 heteroatoms. The lowest BCUT2D eigenvalue weighted by molar-refractivity contribution is 0.0699. The Labute approximate surface area is 146 Å². The van der Waals surface area contributed by atoms with Crippen molar-refractivity contribution in [3.8, 4) is 0 Å². The number of carbonyl (C=O) groups is 1. The number of amides is 1. The number of nitrogens with zero attached hydrogens (tertiary/aromatic N) is 5. The SMILES string of the molecule is CCn1ccc(C(=O)N2CCn3nc(Cc4ccccc4)cc3C2)n1. The number of carbonyl (C=O) groups excluding carboxylic acids is 1. The molecule has 1 amide bonds. The van der Waals surface area contributed by atoms with Gasteiger partial charge in [-0.1, -0.05) is 30.3 Å². The minimum atomic E-state index is -0.00995. The molecule has 0 atom stereocenters. The minimum absolute atomic E-state index is 0.00995. The molecule has 3 aromatic rings. The first-order valence-corrected chi connectivity index (χ1v) is 8.65. The summed E-state index contributed by atoms with van der Waals surface area (Å²) in [7, 11) is 0. The molecule has 0 bridgehead atoms. The second-order valence-corrected chi connectivity index (χ2v) is 6.30. The molecule has 128 valence electrons. The topological polar surface area (TPSA) is 56.0 Å². The first-order valence-electron chi connectivity index (χ1n) is 8.65. The molecule has 0 spiro atoms. The molecule has 1 aromatic carbocycles. The number of rotatable bonds is 4. The van der Waals surface area contributed by atoms with Crippen molar-refractivity contribution in [1.82, 2.24) is 24.5 Å². The smallest absolute Gasteiger partial charge is 0.274 e. The van der Waals surface area contributed by atoms with Crippen molar-refractivity contribution in [3.05, 3.63) is 71.3 Å². The summed E-state index contributed by atoms with van der Waals surface area (Å²) in [5.74, 6) is -0.00995. The number of benzene rings is 1. The van der Waals surface area contributed by atoms with E-state index in [0.717, 1.165) is 30.9 Å². The van der Waals surface area contributed by atoms with E-state index < -0.39 is 0 Å².